The van der Waals surface area contributed by atoms with Crippen LogP contribution in [-0.4, -0.2) is 25.6 Å². The number of rotatable bonds is 7. The Kier molecular flexibility index (Phi) is 7.20. The molecule has 0 aliphatic rings. The summed E-state index contributed by atoms with van der Waals surface area (Å²) in [5, 5.41) is 14.3. The van der Waals surface area contributed by atoms with Gasteiger partial charge in [-0.3, -0.25) is 4.79 Å². The topological polar surface area (TPSA) is 88.4 Å². The van der Waals surface area contributed by atoms with Crippen LogP contribution in [0.1, 0.15) is 22.8 Å². The van der Waals surface area contributed by atoms with Crippen LogP contribution in [0.25, 0.3) is 17.2 Å². The van der Waals surface area contributed by atoms with Gasteiger partial charge in [0.15, 0.2) is 0 Å². The van der Waals surface area contributed by atoms with Gasteiger partial charge >= 0.3 is 5.97 Å². The molecule has 0 fully saturated rings. The van der Waals surface area contributed by atoms with Crippen LogP contribution in [-0.2, 0) is 9.53 Å². The number of nitrogens with zero attached hydrogens (tertiary/aromatic N) is 1. The molecule has 0 atom stereocenters. The molecule has 3 aromatic rings. The zero-order valence-electron chi connectivity index (χ0n) is 17.0. The van der Waals surface area contributed by atoms with Gasteiger partial charge in [-0.05, 0) is 24.6 Å². The Hall–Kier alpha value is -3.89. The minimum absolute atomic E-state index is 0.117. The van der Waals surface area contributed by atoms with E-state index in [0.29, 0.717) is 21.9 Å². The monoisotopic (exact) mass is 432 g/mol. The number of ether oxygens (including phenoxy) is 2. The molecule has 0 saturated heterocycles. The molecule has 156 valence electrons. The van der Waals surface area contributed by atoms with Gasteiger partial charge in [-0.2, -0.15) is 5.26 Å². The molecule has 2 aromatic carbocycles. The van der Waals surface area contributed by atoms with Crippen molar-refractivity contribution >= 4 is 34.3 Å². The van der Waals surface area contributed by atoms with Crippen molar-refractivity contribution in [3.8, 4) is 22.9 Å². The van der Waals surface area contributed by atoms with Gasteiger partial charge in [-0.25, -0.2) is 4.79 Å². The zero-order valence-corrected chi connectivity index (χ0v) is 17.9. The molecule has 1 amide bonds. The van der Waals surface area contributed by atoms with Gasteiger partial charge in [0.2, 0.25) is 0 Å². The van der Waals surface area contributed by atoms with Gasteiger partial charge in [-0.15, -0.1) is 11.3 Å². The van der Waals surface area contributed by atoms with Crippen molar-refractivity contribution in [1.29, 1.82) is 5.26 Å². The fourth-order valence-corrected chi connectivity index (χ4v) is 3.90. The quantitative estimate of drug-likeness (QED) is 0.317. The Morgan fingerprint density at radius 3 is 2.52 bits per heavy atom. The largest absolute Gasteiger partial charge is 0.496 e. The summed E-state index contributed by atoms with van der Waals surface area (Å²) in [4.78, 5) is 25.5. The lowest BCUT2D eigenvalue weighted by Crippen LogP contribution is -2.16. The van der Waals surface area contributed by atoms with E-state index in [9.17, 15) is 14.9 Å². The van der Waals surface area contributed by atoms with E-state index >= 15 is 0 Å². The van der Waals surface area contributed by atoms with Gasteiger partial charge in [0, 0.05) is 16.5 Å². The van der Waals surface area contributed by atoms with Crippen molar-refractivity contribution in [3.63, 3.8) is 0 Å². The van der Waals surface area contributed by atoms with Crippen LogP contribution in [0.15, 0.2) is 65.6 Å². The van der Waals surface area contributed by atoms with E-state index in [1.807, 2.05) is 36.4 Å². The van der Waals surface area contributed by atoms with Crippen LogP contribution in [0, 0.1) is 11.3 Å². The van der Waals surface area contributed by atoms with E-state index in [1.165, 1.54) is 24.5 Å². The third-order valence-corrected chi connectivity index (χ3v) is 5.28. The summed E-state index contributed by atoms with van der Waals surface area (Å²) in [6, 6.07) is 18.3. The van der Waals surface area contributed by atoms with Crippen molar-refractivity contribution in [3.05, 3.63) is 76.7 Å². The van der Waals surface area contributed by atoms with Crippen molar-refractivity contribution < 1.29 is 19.1 Å². The average molecular weight is 433 g/mol. The number of thiophene rings is 1. The van der Waals surface area contributed by atoms with Crippen LogP contribution >= 0.6 is 11.3 Å². The number of carbonyl (C=O) groups is 2. The third-order valence-electron chi connectivity index (χ3n) is 4.39. The molecule has 0 saturated carbocycles. The molecular formula is C24H20N2O4S. The molecule has 3 rings (SSSR count). The summed E-state index contributed by atoms with van der Waals surface area (Å²) in [5.74, 6) is -0.622. The van der Waals surface area contributed by atoms with E-state index < -0.39 is 11.9 Å². The highest BCUT2D eigenvalue weighted by molar-refractivity contribution is 7.15. The predicted octanol–water partition coefficient (Wildman–Crippen LogP) is 5.15. The highest BCUT2D eigenvalue weighted by Crippen LogP contribution is 2.36. The highest BCUT2D eigenvalue weighted by atomic mass is 32.1. The molecule has 0 aliphatic carbocycles. The van der Waals surface area contributed by atoms with E-state index in [2.05, 4.69) is 5.32 Å². The summed E-state index contributed by atoms with van der Waals surface area (Å²) in [6.45, 7) is 1.92. The Labute approximate surface area is 184 Å². The summed E-state index contributed by atoms with van der Waals surface area (Å²) in [6.07, 6.45) is 1.45. The zero-order chi connectivity index (χ0) is 22.2. The van der Waals surface area contributed by atoms with Crippen molar-refractivity contribution in [2.75, 3.05) is 19.0 Å². The normalized spacial score (nSPS) is 10.8. The second-order valence-corrected chi connectivity index (χ2v) is 7.19. The molecule has 7 heteroatoms. The van der Waals surface area contributed by atoms with Gasteiger partial charge in [0.05, 0.1) is 13.7 Å². The predicted molar refractivity (Wildman–Crippen MR) is 121 cm³/mol. The van der Waals surface area contributed by atoms with Crippen molar-refractivity contribution in [2.24, 2.45) is 0 Å². The van der Waals surface area contributed by atoms with Gasteiger partial charge in [0.25, 0.3) is 5.91 Å². The number of anilines is 1. The first-order valence-electron chi connectivity index (χ1n) is 9.49. The minimum Gasteiger partial charge on any atom is -0.496 e. The third kappa shape index (κ3) is 5.00. The van der Waals surface area contributed by atoms with Crippen molar-refractivity contribution in [2.45, 2.75) is 6.92 Å². The number of para-hydroxylation sites is 1. The number of esters is 1. The fourth-order valence-electron chi connectivity index (χ4n) is 2.95. The lowest BCUT2D eigenvalue weighted by atomic mass is 10.0. The number of benzene rings is 2. The number of carbonyl (C=O) groups excluding carboxylic acids is 2. The maximum absolute atomic E-state index is 12.8. The smallest absolute Gasteiger partial charge is 0.341 e. The lowest BCUT2D eigenvalue weighted by molar-refractivity contribution is -0.112. The number of hydrogen-bond acceptors (Lipinski definition) is 6. The van der Waals surface area contributed by atoms with Gasteiger partial charge in [-0.1, -0.05) is 48.5 Å². The minimum atomic E-state index is -0.625. The second kappa shape index (κ2) is 10.2. The molecule has 0 unspecified atom stereocenters. The van der Waals surface area contributed by atoms with E-state index in [1.54, 1.807) is 36.6 Å². The lowest BCUT2D eigenvalue weighted by Gasteiger charge is -2.09. The Morgan fingerprint density at radius 1 is 1.13 bits per heavy atom. The summed E-state index contributed by atoms with van der Waals surface area (Å²) >= 11 is 1.20. The molecular weight excluding hydrogens is 412 g/mol. The molecule has 1 N–H and O–H groups in total. The first kappa shape index (κ1) is 21.8. The first-order chi connectivity index (χ1) is 15.1. The maximum atomic E-state index is 12.8. The Balaban J connectivity index is 1.97. The highest BCUT2D eigenvalue weighted by Gasteiger charge is 2.23. The molecule has 6 nitrogen and oxygen atoms in total. The molecule has 0 spiro atoms. The SMILES string of the molecule is CCOC(=O)c1c(-c2ccccc2)csc1NC(=O)/C(C#N)=C/c1ccccc1OC. The molecule has 0 bridgehead atoms. The summed E-state index contributed by atoms with van der Waals surface area (Å²) < 4.78 is 10.5. The summed E-state index contributed by atoms with van der Waals surface area (Å²) in [7, 11) is 1.52. The molecule has 1 heterocycles. The van der Waals surface area contributed by atoms with Gasteiger partial charge < -0.3 is 14.8 Å². The number of nitrogens with one attached hydrogen (secondary N) is 1. The fraction of sp³-hybridized carbons (Fsp3) is 0.125. The number of nitriles is 1. The van der Waals surface area contributed by atoms with Crippen molar-refractivity contribution in [1.82, 2.24) is 0 Å². The van der Waals surface area contributed by atoms with Crippen LogP contribution < -0.4 is 10.1 Å². The Morgan fingerprint density at radius 2 is 1.84 bits per heavy atom. The van der Waals surface area contributed by atoms with Crippen LogP contribution in [0.2, 0.25) is 0 Å². The van der Waals surface area contributed by atoms with E-state index in [4.69, 9.17) is 9.47 Å². The van der Waals surface area contributed by atoms with Crippen LogP contribution in [0.4, 0.5) is 5.00 Å². The van der Waals surface area contributed by atoms with Gasteiger partial charge in [0.1, 0.15) is 28.0 Å². The second-order valence-electron chi connectivity index (χ2n) is 6.31. The maximum Gasteiger partial charge on any atom is 0.341 e. The number of amides is 1. The molecule has 0 aliphatic heterocycles. The molecule has 0 radical (unpaired) electrons. The number of hydrogen-bond donors (Lipinski definition) is 1. The van der Waals surface area contributed by atoms with E-state index in [0.717, 1.165) is 5.56 Å². The first-order valence-corrected chi connectivity index (χ1v) is 10.4. The Bertz CT molecular complexity index is 1160. The average Bonchev–Trinajstić information content (AvgIpc) is 3.21. The van der Waals surface area contributed by atoms with E-state index in [-0.39, 0.29) is 17.7 Å². The molecule has 31 heavy (non-hydrogen) atoms. The summed E-state index contributed by atoms with van der Waals surface area (Å²) in [5.41, 5.74) is 2.23. The van der Waals surface area contributed by atoms with Crippen LogP contribution in [0.5, 0.6) is 5.75 Å². The molecule has 1 aromatic heterocycles. The standard InChI is InChI=1S/C24H20N2O4S/c1-3-30-24(28)21-19(16-9-5-4-6-10-16)15-31-23(21)26-22(27)18(14-25)13-17-11-7-8-12-20(17)29-2/h4-13,15H,3H2,1-2H3,(H,26,27)/b18-13+. The number of methoxy groups -OCH3 is 1. The van der Waals surface area contributed by atoms with Crippen LogP contribution in [0.3, 0.4) is 0 Å².